The van der Waals surface area contributed by atoms with Gasteiger partial charge < -0.3 is 14.3 Å². The molecule has 2 aromatic rings. The molecule has 0 radical (unpaired) electrons. The van der Waals surface area contributed by atoms with Gasteiger partial charge in [0.25, 0.3) is 0 Å². The number of halogens is 1. The predicted molar refractivity (Wildman–Crippen MR) is 83.0 cm³/mol. The van der Waals surface area contributed by atoms with E-state index in [4.69, 9.17) is 17.0 Å². The van der Waals surface area contributed by atoms with Crippen LogP contribution in [0.25, 0.3) is 11.0 Å². The Morgan fingerprint density at radius 1 is 1.53 bits per heavy atom. The molecule has 1 saturated heterocycles. The average molecular weight is 341 g/mol. The molecule has 1 aliphatic rings. The van der Waals surface area contributed by atoms with E-state index in [1.807, 2.05) is 0 Å². The van der Waals surface area contributed by atoms with Gasteiger partial charge in [0.2, 0.25) is 0 Å². The second-order valence-electron chi connectivity index (χ2n) is 5.07. The average Bonchev–Trinajstić information content (AvgIpc) is 2.95. The van der Waals surface area contributed by atoms with Gasteiger partial charge in [-0.1, -0.05) is 22.9 Å². The topological polar surface area (TPSA) is 29.9 Å². The Kier molecular flexibility index (Phi) is 3.78. The molecule has 2 heterocycles. The van der Waals surface area contributed by atoms with Crippen molar-refractivity contribution in [2.24, 2.45) is 5.92 Å². The van der Waals surface area contributed by atoms with Gasteiger partial charge in [0.1, 0.15) is 0 Å². The molecule has 0 bridgehead atoms. The van der Waals surface area contributed by atoms with E-state index in [-0.39, 0.29) is 0 Å². The van der Waals surface area contributed by atoms with E-state index in [0.717, 1.165) is 40.8 Å². The number of ether oxygens (including phenoxy) is 1. The number of benzene rings is 1. The third-order valence-electron chi connectivity index (χ3n) is 3.90. The van der Waals surface area contributed by atoms with Gasteiger partial charge in [-0.25, -0.2) is 0 Å². The zero-order chi connectivity index (χ0) is 13.4. The number of aromatic amines is 1. The Labute approximate surface area is 126 Å². The van der Waals surface area contributed by atoms with Crippen LogP contribution in [0.15, 0.2) is 22.7 Å². The molecule has 1 fully saturated rings. The summed E-state index contributed by atoms with van der Waals surface area (Å²) in [4.78, 5) is 3.28. The van der Waals surface area contributed by atoms with E-state index in [2.05, 4.69) is 50.6 Å². The SMILES string of the molecule is CCC1OCCC1Cn1c(=S)[nH]c2cc(Br)ccc21. The first-order valence-electron chi connectivity index (χ1n) is 6.68. The predicted octanol–water partition coefficient (Wildman–Crippen LogP) is 4.28. The van der Waals surface area contributed by atoms with Crippen LogP contribution in [0.4, 0.5) is 0 Å². The summed E-state index contributed by atoms with van der Waals surface area (Å²) in [6.07, 6.45) is 2.58. The van der Waals surface area contributed by atoms with Crippen molar-refractivity contribution < 1.29 is 4.74 Å². The molecular formula is C14H17BrN2OS. The first kappa shape index (κ1) is 13.3. The molecule has 102 valence electrons. The Morgan fingerprint density at radius 3 is 3.16 bits per heavy atom. The molecule has 0 aliphatic carbocycles. The first-order valence-corrected chi connectivity index (χ1v) is 7.89. The van der Waals surface area contributed by atoms with E-state index in [1.165, 1.54) is 5.52 Å². The number of nitrogens with one attached hydrogen (secondary N) is 1. The lowest BCUT2D eigenvalue weighted by Gasteiger charge is -2.17. The number of hydrogen-bond acceptors (Lipinski definition) is 2. The maximum Gasteiger partial charge on any atom is 0.178 e. The molecule has 2 unspecified atom stereocenters. The van der Waals surface area contributed by atoms with Gasteiger partial charge in [-0.3, -0.25) is 0 Å². The maximum atomic E-state index is 5.77. The number of aromatic nitrogens is 2. The third kappa shape index (κ3) is 2.51. The largest absolute Gasteiger partial charge is 0.378 e. The van der Waals surface area contributed by atoms with Crippen LogP contribution >= 0.6 is 28.1 Å². The van der Waals surface area contributed by atoms with Crippen molar-refractivity contribution in [3.8, 4) is 0 Å². The summed E-state index contributed by atoms with van der Waals surface area (Å²) in [6.45, 7) is 4.01. The quantitative estimate of drug-likeness (QED) is 0.845. The Balaban J connectivity index is 1.96. The summed E-state index contributed by atoms with van der Waals surface area (Å²) in [7, 11) is 0. The molecule has 1 N–H and O–H groups in total. The van der Waals surface area contributed by atoms with E-state index < -0.39 is 0 Å². The van der Waals surface area contributed by atoms with Crippen molar-refractivity contribution in [1.29, 1.82) is 0 Å². The number of hydrogen-bond donors (Lipinski definition) is 1. The fraction of sp³-hybridized carbons (Fsp3) is 0.500. The minimum Gasteiger partial charge on any atom is -0.378 e. The second-order valence-corrected chi connectivity index (χ2v) is 6.37. The molecule has 1 aliphatic heterocycles. The van der Waals surface area contributed by atoms with Crippen LogP contribution in [0.1, 0.15) is 19.8 Å². The molecule has 3 nitrogen and oxygen atoms in total. The van der Waals surface area contributed by atoms with Crippen LogP contribution in [0.2, 0.25) is 0 Å². The molecule has 0 amide bonds. The highest BCUT2D eigenvalue weighted by Gasteiger charge is 2.27. The number of imidazole rings is 1. The summed E-state index contributed by atoms with van der Waals surface area (Å²) in [5, 5.41) is 0. The van der Waals surface area contributed by atoms with E-state index in [0.29, 0.717) is 12.0 Å². The number of fused-ring (bicyclic) bond motifs is 1. The summed E-state index contributed by atoms with van der Waals surface area (Å²) >= 11 is 8.95. The normalized spacial score (nSPS) is 23.3. The highest BCUT2D eigenvalue weighted by atomic mass is 79.9. The van der Waals surface area contributed by atoms with Crippen LogP contribution < -0.4 is 0 Å². The molecule has 19 heavy (non-hydrogen) atoms. The molecule has 1 aromatic carbocycles. The Morgan fingerprint density at radius 2 is 2.37 bits per heavy atom. The van der Waals surface area contributed by atoms with Crippen molar-refractivity contribution in [3.63, 3.8) is 0 Å². The van der Waals surface area contributed by atoms with Crippen molar-refractivity contribution in [2.45, 2.75) is 32.4 Å². The van der Waals surface area contributed by atoms with Gasteiger partial charge in [-0.15, -0.1) is 0 Å². The van der Waals surface area contributed by atoms with E-state index in [1.54, 1.807) is 0 Å². The summed E-state index contributed by atoms with van der Waals surface area (Å²) in [5.41, 5.74) is 2.27. The van der Waals surface area contributed by atoms with Gasteiger partial charge >= 0.3 is 0 Å². The lowest BCUT2D eigenvalue weighted by Crippen LogP contribution is -2.20. The van der Waals surface area contributed by atoms with Crippen LogP contribution in [0, 0.1) is 10.7 Å². The number of rotatable bonds is 3. The molecular weight excluding hydrogens is 324 g/mol. The molecule has 1 aromatic heterocycles. The Hall–Kier alpha value is -0.650. The molecule has 3 rings (SSSR count). The number of nitrogens with zero attached hydrogens (tertiary/aromatic N) is 1. The van der Waals surface area contributed by atoms with E-state index in [9.17, 15) is 0 Å². The summed E-state index contributed by atoms with van der Waals surface area (Å²) < 4.78 is 9.85. The highest BCUT2D eigenvalue weighted by molar-refractivity contribution is 9.10. The van der Waals surface area contributed by atoms with E-state index >= 15 is 0 Å². The standard InChI is InChI=1S/C14H17BrN2OS/c1-2-13-9(5-6-18-13)8-17-12-4-3-10(15)7-11(12)16-14(17)19/h3-4,7,9,13H,2,5-6,8H2,1H3,(H,16,19). The third-order valence-corrected chi connectivity index (χ3v) is 4.72. The molecule has 0 spiro atoms. The molecule has 5 heteroatoms. The van der Waals surface area contributed by atoms with Gasteiger partial charge in [-0.2, -0.15) is 0 Å². The second kappa shape index (κ2) is 5.38. The monoisotopic (exact) mass is 340 g/mol. The van der Waals surface area contributed by atoms with Crippen LogP contribution in [0.5, 0.6) is 0 Å². The fourth-order valence-electron chi connectivity index (χ4n) is 2.90. The zero-order valence-corrected chi connectivity index (χ0v) is 13.3. The smallest absolute Gasteiger partial charge is 0.178 e. The first-order chi connectivity index (χ1) is 9.19. The van der Waals surface area contributed by atoms with Crippen LogP contribution in [-0.4, -0.2) is 22.3 Å². The van der Waals surface area contributed by atoms with Crippen molar-refractivity contribution in [1.82, 2.24) is 9.55 Å². The van der Waals surface area contributed by atoms with Gasteiger partial charge in [0.15, 0.2) is 4.77 Å². The lowest BCUT2D eigenvalue weighted by molar-refractivity contribution is 0.0837. The number of H-pyrrole nitrogens is 1. The lowest BCUT2D eigenvalue weighted by atomic mass is 9.99. The van der Waals surface area contributed by atoms with Gasteiger partial charge in [0, 0.05) is 23.5 Å². The fourth-order valence-corrected chi connectivity index (χ4v) is 3.55. The minimum atomic E-state index is 0.377. The summed E-state index contributed by atoms with van der Waals surface area (Å²) in [5.74, 6) is 0.569. The summed E-state index contributed by atoms with van der Waals surface area (Å²) in [6, 6.07) is 6.25. The van der Waals surface area contributed by atoms with Crippen molar-refractivity contribution >= 4 is 39.2 Å². The van der Waals surface area contributed by atoms with Crippen LogP contribution in [0.3, 0.4) is 0 Å². The Bertz CT molecular complexity index is 648. The zero-order valence-electron chi connectivity index (χ0n) is 10.9. The minimum absolute atomic E-state index is 0.377. The van der Waals surface area contributed by atoms with Crippen molar-refractivity contribution in [2.75, 3.05) is 6.61 Å². The molecule has 0 saturated carbocycles. The highest BCUT2D eigenvalue weighted by Crippen LogP contribution is 2.27. The molecule has 2 atom stereocenters. The maximum absolute atomic E-state index is 5.77. The van der Waals surface area contributed by atoms with Crippen LogP contribution in [-0.2, 0) is 11.3 Å². The van der Waals surface area contributed by atoms with Crippen molar-refractivity contribution in [3.05, 3.63) is 27.4 Å². The van der Waals surface area contributed by atoms with Gasteiger partial charge in [-0.05, 0) is 43.3 Å². The van der Waals surface area contributed by atoms with Gasteiger partial charge in [0.05, 0.1) is 17.1 Å².